The van der Waals surface area contributed by atoms with Crippen molar-refractivity contribution in [2.24, 2.45) is 0 Å². The minimum Gasteiger partial charge on any atom is -0.501 e. The largest absolute Gasteiger partial charge is 0.501 e. The van der Waals surface area contributed by atoms with Crippen LogP contribution >= 0.6 is 0 Å². The lowest BCUT2D eigenvalue weighted by Crippen LogP contribution is -2.49. The number of benzene rings is 1. The van der Waals surface area contributed by atoms with Crippen molar-refractivity contribution >= 4 is 5.69 Å². The molecular formula is C16H21FN2O. The summed E-state index contributed by atoms with van der Waals surface area (Å²) in [5, 5.41) is 0. The third-order valence-corrected chi connectivity index (χ3v) is 4.30. The van der Waals surface area contributed by atoms with Crippen LogP contribution in [0.4, 0.5) is 10.1 Å². The second kappa shape index (κ2) is 5.83. The fourth-order valence-corrected chi connectivity index (χ4v) is 3.09. The van der Waals surface area contributed by atoms with Gasteiger partial charge in [0.15, 0.2) is 0 Å². The maximum absolute atomic E-state index is 12.9. The number of hydrogen-bond acceptors (Lipinski definition) is 3. The fraction of sp³-hybridized carbons (Fsp3) is 0.500. The van der Waals surface area contributed by atoms with E-state index in [-0.39, 0.29) is 5.82 Å². The van der Waals surface area contributed by atoms with Gasteiger partial charge in [-0.25, -0.2) is 4.39 Å². The highest BCUT2D eigenvalue weighted by molar-refractivity contribution is 5.46. The molecule has 1 atom stereocenters. The number of nitrogens with zero attached hydrogens (tertiary/aromatic N) is 2. The van der Waals surface area contributed by atoms with Crippen LogP contribution in [0.2, 0.25) is 0 Å². The van der Waals surface area contributed by atoms with Crippen molar-refractivity contribution in [1.82, 2.24) is 4.90 Å². The van der Waals surface area contributed by atoms with Crippen LogP contribution < -0.4 is 4.90 Å². The molecule has 2 aliphatic rings. The van der Waals surface area contributed by atoms with E-state index in [0.717, 1.165) is 44.0 Å². The van der Waals surface area contributed by atoms with Gasteiger partial charge in [-0.15, -0.1) is 0 Å². The number of piperazine rings is 1. The van der Waals surface area contributed by atoms with Gasteiger partial charge in [0.1, 0.15) is 5.82 Å². The molecule has 1 aliphatic heterocycles. The Labute approximate surface area is 119 Å². The van der Waals surface area contributed by atoms with E-state index in [9.17, 15) is 4.39 Å². The maximum atomic E-state index is 12.9. The van der Waals surface area contributed by atoms with E-state index < -0.39 is 0 Å². The summed E-state index contributed by atoms with van der Waals surface area (Å²) in [5.41, 5.74) is 1.12. The van der Waals surface area contributed by atoms with E-state index in [0.29, 0.717) is 6.04 Å². The van der Waals surface area contributed by atoms with Gasteiger partial charge in [0.2, 0.25) is 0 Å². The lowest BCUT2D eigenvalue weighted by Gasteiger charge is -2.38. The quantitative estimate of drug-likeness (QED) is 0.844. The molecule has 0 spiro atoms. The molecule has 20 heavy (non-hydrogen) atoms. The van der Waals surface area contributed by atoms with Crippen molar-refractivity contribution in [3.05, 3.63) is 41.9 Å². The Morgan fingerprint density at radius 2 is 1.80 bits per heavy atom. The molecule has 1 aromatic carbocycles. The van der Waals surface area contributed by atoms with Gasteiger partial charge >= 0.3 is 0 Å². The molecule has 1 unspecified atom stereocenters. The molecule has 0 amide bonds. The lowest BCUT2D eigenvalue weighted by molar-refractivity contribution is 0.214. The number of hydrogen-bond donors (Lipinski definition) is 0. The minimum absolute atomic E-state index is 0.171. The van der Waals surface area contributed by atoms with E-state index in [1.54, 1.807) is 7.11 Å². The van der Waals surface area contributed by atoms with Crippen LogP contribution in [0.1, 0.15) is 12.8 Å². The van der Waals surface area contributed by atoms with Gasteiger partial charge in [-0.3, -0.25) is 4.90 Å². The summed E-state index contributed by atoms with van der Waals surface area (Å²) in [7, 11) is 1.75. The van der Waals surface area contributed by atoms with Gasteiger partial charge in [0, 0.05) is 44.3 Å². The van der Waals surface area contributed by atoms with Crippen LogP contribution in [-0.2, 0) is 4.74 Å². The summed E-state index contributed by atoms with van der Waals surface area (Å²) in [4.78, 5) is 4.85. The van der Waals surface area contributed by atoms with Crippen molar-refractivity contribution in [3.63, 3.8) is 0 Å². The van der Waals surface area contributed by atoms with Gasteiger partial charge in [-0.05, 0) is 36.8 Å². The molecule has 1 fully saturated rings. The van der Waals surface area contributed by atoms with E-state index >= 15 is 0 Å². The molecule has 108 valence electrons. The highest BCUT2D eigenvalue weighted by Crippen LogP contribution is 2.25. The minimum atomic E-state index is -0.171. The molecule has 0 radical (unpaired) electrons. The zero-order valence-electron chi connectivity index (χ0n) is 11.9. The summed E-state index contributed by atoms with van der Waals surface area (Å²) in [6.07, 6.45) is 4.48. The molecule has 0 N–H and O–H groups in total. The number of methoxy groups -OCH3 is 1. The molecule has 3 nitrogen and oxygen atoms in total. The summed E-state index contributed by atoms with van der Waals surface area (Å²) < 4.78 is 18.3. The number of allylic oxidation sites excluding steroid dienone is 1. The molecule has 1 saturated heterocycles. The van der Waals surface area contributed by atoms with Crippen LogP contribution in [-0.4, -0.2) is 44.2 Å². The third-order valence-electron chi connectivity index (χ3n) is 4.30. The highest BCUT2D eigenvalue weighted by Gasteiger charge is 2.26. The predicted molar refractivity (Wildman–Crippen MR) is 78.3 cm³/mol. The Morgan fingerprint density at radius 1 is 1.10 bits per heavy atom. The smallest absolute Gasteiger partial charge is 0.123 e. The normalized spacial score (nSPS) is 23.8. The second-order valence-corrected chi connectivity index (χ2v) is 5.44. The molecule has 1 heterocycles. The van der Waals surface area contributed by atoms with Crippen LogP contribution in [0.5, 0.6) is 0 Å². The van der Waals surface area contributed by atoms with Crippen molar-refractivity contribution < 1.29 is 9.13 Å². The van der Waals surface area contributed by atoms with Gasteiger partial charge in [-0.1, -0.05) is 0 Å². The average molecular weight is 276 g/mol. The Kier molecular flexibility index (Phi) is 3.92. The van der Waals surface area contributed by atoms with Gasteiger partial charge in [-0.2, -0.15) is 0 Å². The SMILES string of the molecule is COC1=CC(N2CCN(c3ccc(F)cc3)CC2)CC1. The summed E-state index contributed by atoms with van der Waals surface area (Å²) >= 11 is 0. The highest BCUT2D eigenvalue weighted by atomic mass is 19.1. The van der Waals surface area contributed by atoms with Crippen molar-refractivity contribution in [2.75, 3.05) is 38.2 Å². The number of halogens is 1. The molecule has 4 heteroatoms. The first kappa shape index (κ1) is 13.4. The van der Waals surface area contributed by atoms with E-state index in [2.05, 4.69) is 15.9 Å². The monoisotopic (exact) mass is 276 g/mol. The zero-order chi connectivity index (χ0) is 13.9. The van der Waals surface area contributed by atoms with Crippen LogP contribution in [0.25, 0.3) is 0 Å². The van der Waals surface area contributed by atoms with Crippen molar-refractivity contribution in [3.8, 4) is 0 Å². The maximum Gasteiger partial charge on any atom is 0.123 e. The Hall–Kier alpha value is -1.55. The molecule has 0 saturated carbocycles. The van der Waals surface area contributed by atoms with E-state index in [1.807, 2.05) is 12.1 Å². The van der Waals surface area contributed by atoms with Crippen LogP contribution in [0.3, 0.4) is 0 Å². The first-order valence-corrected chi connectivity index (χ1v) is 7.25. The molecule has 1 aromatic rings. The Balaban J connectivity index is 1.57. The summed E-state index contributed by atoms with van der Waals surface area (Å²) in [6.45, 7) is 4.10. The number of rotatable bonds is 3. The predicted octanol–water partition coefficient (Wildman–Crippen LogP) is 2.64. The van der Waals surface area contributed by atoms with Gasteiger partial charge < -0.3 is 9.64 Å². The molecule has 0 bridgehead atoms. The van der Waals surface area contributed by atoms with E-state index in [4.69, 9.17) is 4.74 Å². The standard InChI is InChI=1S/C16H21FN2O/c1-20-16-7-6-15(12-16)19-10-8-18(9-11-19)14-4-2-13(17)3-5-14/h2-5,12,15H,6-11H2,1H3. The molecule has 0 aromatic heterocycles. The van der Waals surface area contributed by atoms with Gasteiger partial charge in [0.05, 0.1) is 12.9 Å². The average Bonchev–Trinajstić information content (AvgIpc) is 2.97. The van der Waals surface area contributed by atoms with Crippen LogP contribution in [0, 0.1) is 5.82 Å². The fourth-order valence-electron chi connectivity index (χ4n) is 3.09. The molecular weight excluding hydrogens is 255 g/mol. The first-order chi connectivity index (χ1) is 9.76. The molecule has 1 aliphatic carbocycles. The third kappa shape index (κ3) is 2.80. The molecule has 3 rings (SSSR count). The zero-order valence-corrected chi connectivity index (χ0v) is 11.9. The topological polar surface area (TPSA) is 15.7 Å². The van der Waals surface area contributed by atoms with Crippen LogP contribution in [0.15, 0.2) is 36.1 Å². The first-order valence-electron chi connectivity index (χ1n) is 7.25. The lowest BCUT2D eigenvalue weighted by atomic mass is 10.1. The number of ether oxygens (including phenoxy) is 1. The van der Waals surface area contributed by atoms with E-state index in [1.165, 1.54) is 18.6 Å². The van der Waals surface area contributed by atoms with Crippen molar-refractivity contribution in [1.29, 1.82) is 0 Å². The van der Waals surface area contributed by atoms with Crippen molar-refractivity contribution in [2.45, 2.75) is 18.9 Å². The van der Waals surface area contributed by atoms with Gasteiger partial charge in [0.25, 0.3) is 0 Å². The second-order valence-electron chi connectivity index (χ2n) is 5.44. The summed E-state index contributed by atoms with van der Waals surface area (Å²) in [5.74, 6) is 0.950. The Bertz CT molecular complexity index is 478. The number of anilines is 1. The Morgan fingerprint density at radius 3 is 2.40 bits per heavy atom. The summed E-state index contributed by atoms with van der Waals surface area (Å²) in [6, 6.07) is 7.33.